The monoisotopic (exact) mass is 220 g/mol. The third-order valence-corrected chi connectivity index (χ3v) is 4.93. The molecule has 0 saturated heterocycles. The topological polar surface area (TPSA) is 72.2 Å². The summed E-state index contributed by atoms with van der Waals surface area (Å²) in [5, 5.41) is -0.393. The summed E-state index contributed by atoms with van der Waals surface area (Å²) in [7, 11) is -2.99. The molecule has 0 amide bonds. The van der Waals surface area contributed by atoms with Crippen LogP contribution in [-0.2, 0) is 9.84 Å². The third-order valence-electron chi connectivity index (χ3n) is 3.28. The third kappa shape index (κ3) is 2.68. The fourth-order valence-corrected chi connectivity index (χ4v) is 3.07. The fourth-order valence-electron chi connectivity index (χ4n) is 2.24. The number of nitrogens with one attached hydrogen (secondary N) is 1. The van der Waals surface area contributed by atoms with E-state index in [1.165, 1.54) is 19.1 Å². The van der Waals surface area contributed by atoms with E-state index < -0.39 is 15.1 Å². The van der Waals surface area contributed by atoms with Crippen molar-refractivity contribution in [2.75, 3.05) is 6.26 Å². The van der Waals surface area contributed by atoms with E-state index in [1.807, 2.05) is 0 Å². The van der Waals surface area contributed by atoms with Crippen LogP contribution in [0.2, 0.25) is 0 Å². The molecule has 1 saturated carbocycles. The van der Waals surface area contributed by atoms with Gasteiger partial charge < -0.3 is 0 Å². The smallest absolute Gasteiger partial charge is 0.151 e. The van der Waals surface area contributed by atoms with Gasteiger partial charge in [0.25, 0.3) is 0 Å². The summed E-state index contributed by atoms with van der Waals surface area (Å²) in [6.45, 7) is 1.73. The Hall–Kier alpha value is -0.130. The zero-order chi connectivity index (χ0) is 10.8. The molecule has 2 unspecified atom stereocenters. The lowest BCUT2D eigenvalue weighted by molar-refractivity contribution is 0.354. The van der Waals surface area contributed by atoms with Crippen molar-refractivity contribution in [1.82, 2.24) is 5.43 Å². The van der Waals surface area contributed by atoms with E-state index in [0.717, 1.165) is 12.8 Å². The van der Waals surface area contributed by atoms with Crippen LogP contribution in [0.15, 0.2) is 0 Å². The zero-order valence-corrected chi connectivity index (χ0v) is 9.68. The summed E-state index contributed by atoms with van der Waals surface area (Å²) in [6.07, 6.45) is 5.85. The van der Waals surface area contributed by atoms with E-state index in [9.17, 15) is 8.42 Å². The van der Waals surface area contributed by atoms with Crippen LogP contribution in [0.4, 0.5) is 0 Å². The normalized spacial score (nSPS) is 23.6. The van der Waals surface area contributed by atoms with Crippen molar-refractivity contribution in [1.29, 1.82) is 0 Å². The highest BCUT2D eigenvalue weighted by Gasteiger charge is 2.33. The lowest BCUT2D eigenvalue weighted by atomic mass is 9.96. The first-order valence-electron chi connectivity index (χ1n) is 5.12. The van der Waals surface area contributed by atoms with Crippen molar-refractivity contribution in [2.45, 2.75) is 43.9 Å². The Kier molecular flexibility index (Phi) is 3.92. The van der Waals surface area contributed by atoms with Crippen molar-refractivity contribution in [3.63, 3.8) is 0 Å². The molecule has 1 fully saturated rings. The highest BCUT2D eigenvalue weighted by molar-refractivity contribution is 7.91. The molecule has 0 radical (unpaired) electrons. The van der Waals surface area contributed by atoms with E-state index in [1.54, 1.807) is 6.92 Å². The molecule has 0 aromatic carbocycles. The summed E-state index contributed by atoms with van der Waals surface area (Å²) in [5.41, 5.74) is 2.67. The van der Waals surface area contributed by atoms with Crippen LogP contribution in [0.3, 0.4) is 0 Å². The molecule has 84 valence electrons. The standard InChI is InChI=1S/C9H20N2O2S/c1-7(14(2,12)13)9(11-10)8-5-3-4-6-8/h7-9,11H,3-6,10H2,1-2H3. The van der Waals surface area contributed by atoms with Crippen LogP contribution in [0.1, 0.15) is 32.6 Å². The number of hydrazine groups is 1. The molecule has 0 bridgehead atoms. The predicted octanol–water partition coefficient (Wildman–Crippen LogP) is 0.442. The minimum absolute atomic E-state index is 0.0903. The Balaban J connectivity index is 2.70. The zero-order valence-electron chi connectivity index (χ0n) is 8.86. The van der Waals surface area contributed by atoms with Crippen molar-refractivity contribution in [3.8, 4) is 0 Å². The summed E-state index contributed by atoms with van der Waals surface area (Å²) < 4.78 is 22.8. The van der Waals surface area contributed by atoms with Crippen LogP contribution in [-0.4, -0.2) is 26.0 Å². The molecule has 0 aromatic heterocycles. The van der Waals surface area contributed by atoms with Gasteiger partial charge in [0.2, 0.25) is 0 Å². The summed E-state index contributed by atoms with van der Waals surface area (Å²) in [4.78, 5) is 0. The van der Waals surface area contributed by atoms with Crippen LogP contribution in [0, 0.1) is 5.92 Å². The summed E-state index contributed by atoms with van der Waals surface area (Å²) in [5.74, 6) is 5.86. The Morgan fingerprint density at radius 3 is 2.21 bits per heavy atom. The minimum Gasteiger partial charge on any atom is -0.271 e. The quantitative estimate of drug-likeness (QED) is 0.533. The highest BCUT2D eigenvalue weighted by atomic mass is 32.2. The van der Waals surface area contributed by atoms with Gasteiger partial charge in [-0.3, -0.25) is 11.3 Å². The second-order valence-electron chi connectivity index (χ2n) is 4.27. The molecule has 3 N–H and O–H groups in total. The fraction of sp³-hybridized carbons (Fsp3) is 1.00. The van der Waals surface area contributed by atoms with Crippen molar-refractivity contribution in [2.24, 2.45) is 11.8 Å². The van der Waals surface area contributed by atoms with E-state index >= 15 is 0 Å². The van der Waals surface area contributed by atoms with E-state index in [0.29, 0.717) is 5.92 Å². The average Bonchev–Trinajstić information content (AvgIpc) is 2.57. The van der Waals surface area contributed by atoms with Crippen LogP contribution in [0.5, 0.6) is 0 Å². The van der Waals surface area contributed by atoms with E-state index in [-0.39, 0.29) is 6.04 Å². The van der Waals surface area contributed by atoms with Crippen molar-refractivity contribution >= 4 is 9.84 Å². The van der Waals surface area contributed by atoms with Gasteiger partial charge in [-0.1, -0.05) is 12.8 Å². The molecule has 0 aliphatic heterocycles. The number of hydrogen-bond donors (Lipinski definition) is 2. The lowest BCUT2D eigenvalue weighted by Crippen LogP contribution is -2.49. The lowest BCUT2D eigenvalue weighted by Gasteiger charge is -2.27. The molecule has 4 nitrogen and oxygen atoms in total. The second-order valence-corrected chi connectivity index (χ2v) is 6.67. The van der Waals surface area contributed by atoms with Gasteiger partial charge in [0, 0.05) is 12.3 Å². The van der Waals surface area contributed by atoms with Gasteiger partial charge in [-0.15, -0.1) is 0 Å². The average molecular weight is 220 g/mol. The van der Waals surface area contributed by atoms with Crippen LogP contribution in [0.25, 0.3) is 0 Å². The number of sulfone groups is 1. The maximum atomic E-state index is 11.4. The molecular weight excluding hydrogens is 200 g/mol. The number of nitrogens with two attached hydrogens (primary N) is 1. The summed E-state index contributed by atoms with van der Waals surface area (Å²) in [6, 6.07) is -0.0903. The first-order valence-corrected chi connectivity index (χ1v) is 7.07. The maximum Gasteiger partial charge on any atom is 0.151 e. The van der Waals surface area contributed by atoms with Crippen molar-refractivity contribution < 1.29 is 8.42 Å². The Morgan fingerprint density at radius 2 is 1.86 bits per heavy atom. The molecule has 1 aliphatic carbocycles. The molecule has 2 atom stereocenters. The molecule has 0 aromatic rings. The molecule has 0 spiro atoms. The van der Waals surface area contributed by atoms with Gasteiger partial charge in [0.15, 0.2) is 9.84 Å². The van der Waals surface area contributed by atoms with Gasteiger partial charge in [-0.05, 0) is 25.7 Å². The SMILES string of the molecule is CC(C(NN)C1CCCC1)S(C)(=O)=O. The maximum absolute atomic E-state index is 11.4. The molecule has 1 rings (SSSR count). The molecule has 5 heteroatoms. The first-order chi connectivity index (χ1) is 6.46. The first kappa shape index (κ1) is 11.9. The largest absolute Gasteiger partial charge is 0.271 e. The van der Waals surface area contributed by atoms with Crippen molar-refractivity contribution in [3.05, 3.63) is 0 Å². The molecule has 0 heterocycles. The number of rotatable bonds is 4. The highest BCUT2D eigenvalue weighted by Crippen LogP contribution is 2.30. The predicted molar refractivity (Wildman–Crippen MR) is 57.4 cm³/mol. The van der Waals surface area contributed by atoms with Gasteiger partial charge in [-0.25, -0.2) is 8.42 Å². The summed E-state index contributed by atoms with van der Waals surface area (Å²) >= 11 is 0. The Labute approximate surface area is 86.1 Å². The van der Waals surface area contributed by atoms with Crippen LogP contribution < -0.4 is 11.3 Å². The van der Waals surface area contributed by atoms with Crippen LogP contribution >= 0.6 is 0 Å². The van der Waals surface area contributed by atoms with E-state index in [2.05, 4.69) is 5.43 Å². The molecule has 14 heavy (non-hydrogen) atoms. The minimum atomic E-state index is -2.99. The Bertz CT molecular complexity index is 271. The Morgan fingerprint density at radius 1 is 1.36 bits per heavy atom. The van der Waals surface area contributed by atoms with Gasteiger partial charge in [0.1, 0.15) is 0 Å². The van der Waals surface area contributed by atoms with Gasteiger partial charge in [0.05, 0.1) is 5.25 Å². The molecule has 1 aliphatic rings. The molecular formula is C9H20N2O2S. The van der Waals surface area contributed by atoms with E-state index in [4.69, 9.17) is 5.84 Å². The van der Waals surface area contributed by atoms with Gasteiger partial charge >= 0.3 is 0 Å². The van der Waals surface area contributed by atoms with Gasteiger partial charge in [-0.2, -0.15) is 0 Å². The number of hydrogen-bond acceptors (Lipinski definition) is 4. The second kappa shape index (κ2) is 4.59.